The molecule has 0 radical (unpaired) electrons. The highest BCUT2D eigenvalue weighted by Gasteiger charge is 1.95. The highest BCUT2D eigenvalue weighted by molar-refractivity contribution is 5.89. The number of carbonyl (C=O) groups is 1. The number of carbonyl (C=O) groups excluding carboxylic acids is 1. The van der Waals surface area contributed by atoms with Crippen LogP contribution in [0.1, 0.15) is 11.1 Å². The van der Waals surface area contributed by atoms with Crippen LogP contribution in [0.2, 0.25) is 0 Å². The van der Waals surface area contributed by atoms with Gasteiger partial charge in [0.15, 0.2) is 0 Å². The predicted octanol–water partition coefficient (Wildman–Crippen LogP) is 1.23. The van der Waals surface area contributed by atoms with Crippen molar-refractivity contribution < 1.29 is 14.6 Å². The maximum atomic E-state index is 10.7. The Bertz CT molecular complexity index is 410. The Kier molecular flexibility index (Phi) is 3.14. The number of rotatable bonds is 0. The second-order valence-corrected chi connectivity index (χ2v) is 2.74. The smallest absolute Gasteiger partial charge is 0.384 e. The summed E-state index contributed by atoms with van der Waals surface area (Å²) in [6.07, 6.45) is 0. The van der Waals surface area contributed by atoms with Gasteiger partial charge in [0.25, 0.3) is 0 Å². The van der Waals surface area contributed by atoms with E-state index >= 15 is 0 Å². The van der Waals surface area contributed by atoms with Crippen LogP contribution in [0.5, 0.6) is 5.75 Å². The summed E-state index contributed by atoms with van der Waals surface area (Å²) in [7, 11) is 1.28. The van der Waals surface area contributed by atoms with Gasteiger partial charge in [-0.25, -0.2) is 4.79 Å². The summed E-state index contributed by atoms with van der Waals surface area (Å²) in [6, 6.07) is 4.88. The van der Waals surface area contributed by atoms with Gasteiger partial charge in [0, 0.05) is 11.5 Å². The maximum absolute atomic E-state index is 10.7. The second kappa shape index (κ2) is 4.33. The Morgan fingerprint density at radius 2 is 2.21 bits per heavy atom. The Labute approximate surface area is 82.3 Å². The number of methoxy groups -OCH3 is 1. The Morgan fingerprint density at radius 1 is 1.50 bits per heavy atom. The Morgan fingerprint density at radius 3 is 2.79 bits per heavy atom. The topological polar surface area (TPSA) is 46.5 Å². The molecule has 0 amide bonds. The molecule has 1 aromatic rings. The molecule has 14 heavy (non-hydrogen) atoms. The maximum Gasteiger partial charge on any atom is 0.384 e. The van der Waals surface area contributed by atoms with Crippen LogP contribution in [0, 0.1) is 18.8 Å². The van der Waals surface area contributed by atoms with Crippen molar-refractivity contribution in [3.8, 4) is 17.6 Å². The van der Waals surface area contributed by atoms with Crippen LogP contribution in [-0.4, -0.2) is 18.2 Å². The van der Waals surface area contributed by atoms with Crippen molar-refractivity contribution in [2.45, 2.75) is 6.92 Å². The average molecular weight is 190 g/mol. The molecule has 72 valence electrons. The van der Waals surface area contributed by atoms with E-state index in [1.165, 1.54) is 13.2 Å². The summed E-state index contributed by atoms with van der Waals surface area (Å²) in [4.78, 5) is 10.7. The number of phenolic OH excluding ortho intramolecular Hbond substituents is 1. The number of esters is 1. The lowest BCUT2D eigenvalue weighted by Gasteiger charge is -1.97. The molecular formula is C11H10O3. The fourth-order valence-electron chi connectivity index (χ4n) is 0.907. The first kappa shape index (κ1) is 10.1. The molecule has 1 N–H and O–H groups in total. The number of hydrogen-bond acceptors (Lipinski definition) is 3. The van der Waals surface area contributed by atoms with Gasteiger partial charge >= 0.3 is 5.97 Å². The normalized spacial score (nSPS) is 8.71. The van der Waals surface area contributed by atoms with E-state index < -0.39 is 5.97 Å². The van der Waals surface area contributed by atoms with Gasteiger partial charge in [0.1, 0.15) is 5.75 Å². The molecule has 0 saturated heterocycles. The lowest BCUT2D eigenvalue weighted by Crippen LogP contribution is -1.94. The molecule has 0 bridgehead atoms. The molecule has 0 spiro atoms. The van der Waals surface area contributed by atoms with E-state index in [-0.39, 0.29) is 5.75 Å². The van der Waals surface area contributed by atoms with Crippen LogP contribution in [0.4, 0.5) is 0 Å². The predicted molar refractivity (Wildman–Crippen MR) is 51.7 cm³/mol. The van der Waals surface area contributed by atoms with Crippen molar-refractivity contribution in [3.05, 3.63) is 29.3 Å². The molecule has 0 unspecified atom stereocenters. The number of benzene rings is 1. The fourth-order valence-corrected chi connectivity index (χ4v) is 0.907. The molecule has 0 aliphatic carbocycles. The van der Waals surface area contributed by atoms with Crippen LogP contribution in [-0.2, 0) is 9.53 Å². The van der Waals surface area contributed by atoms with Gasteiger partial charge in [-0.15, -0.1) is 0 Å². The third-order valence-corrected chi connectivity index (χ3v) is 1.69. The van der Waals surface area contributed by atoms with Crippen molar-refractivity contribution >= 4 is 5.97 Å². The Hall–Kier alpha value is -1.95. The fraction of sp³-hybridized carbons (Fsp3) is 0.182. The molecule has 0 atom stereocenters. The third-order valence-electron chi connectivity index (χ3n) is 1.69. The van der Waals surface area contributed by atoms with E-state index in [0.717, 1.165) is 5.56 Å². The van der Waals surface area contributed by atoms with Gasteiger partial charge in [-0.3, -0.25) is 0 Å². The first-order chi connectivity index (χ1) is 6.63. The highest BCUT2D eigenvalue weighted by Crippen LogP contribution is 2.15. The highest BCUT2D eigenvalue weighted by atomic mass is 16.5. The van der Waals surface area contributed by atoms with Gasteiger partial charge < -0.3 is 9.84 Å². The monoisotopic (exact) mass is 190 g/mol. The minimum absolute atomic E-state index is 0.216. The van der Waals surface area contributed by atoms with Crippen molar-refractivity contribution in [2.75, 3.05) is 7.11 Å². The standard InChI is InChI=1S/C11H10O3/c1-8-7-9(3-5-10(8)12)4-6-11(13)14-2/h3,5,7,12H,1-2H3. The average Bonchev–Trinajstić information content (AvgIpc) is 2.19. The number of hydrogen-bond donors (Lipinski definition) is 1. The lowest BCUT2D eigenvalue weighted by molar-refractivity contribution is -0.133. The van der Waals surface area contributed by atoms with Crippen LogP contribution in [0.25, 0.3) is 0 Å². The van der Waals surface area contributed by atoms with E-state index in [9.17, 15) is 9.90 Å². The minimum atomic E-state index is -0.573. The molecule has 1 rings (SSSR count). The first-order valence-corrected chi connectivity index (χ1v) is 4.03. The van der Waals surface area contributed by atoms with E-state index in [1.54, 1.807) is 19.1 Å². The van der Waals surface area contributed by atoms with Crippen LogP contribution in [0.15, 0.2) is 18.2 Å². The van der Waals surface area contributed by atoms with E-state index in [0.29, 0.717) is 5.56 Å². The van der Waals surface area contributed by atoms with Gasteiger partial charge in [-0.1, -0.05) is 5.92 Å². The molecule has 3 nitrogen and oxygen atoms in total. The lowest BCUT2D eigenvalue weighted by atomic mass is 10.1. The molecule has 0 fully saturated rings. The molecule has 3 heteroatoms. The van der Waals surface area contributed by atoms with Gasteiger partial charge in [-0.05, 0) is 30.7 Å². The van der Waals surface area contributed by atoms with Crippen molar-refractivity contribution in [1.82, 2.24) is 0 Å². The summed E-state index contributed by atoms with van der Waals surface area (Å²) in [5.41, 5.74) is 1.40. The van der Waals surface area contributed by atoms with Crippen LogP contribution >= 0.6 is 0 Å². The summed E-state index contributed by atoms with van der Waals surface area (Å²) < 4.78 is 4.36. The van der Waals surface area contributed by atoms with E-state index in [2.05, 4.69) is 16.6 Å². The third kappa shape index (κ3) is 2.53. The zero-order valence-electron chi connectivity index (χ0n) is 8.00. The van der Waals surface area contributed by atoms with Crippen molar-refractivity contribution in [3.63, 3.8) is 0 Å². The zero-order chi connectivity index (χ0) is 10.6. The van der Waals surface area contributed by atoms with Crippen molar-refractivity contribution in [2.24, 2.45) is 0 Å². The number of aryl methyl sites for hydroxylation is 1. The molecular weight excluding hydrogens is 180 g/mol. The largest absolute Gasteiger partial charge is 0.508 e. The SMILES string of the molecule is COC(=O)C#Cc1ccc(O)c(C)c1. The molecule has 0 heterocycles. The Balaban J connectivity index is 2.91. The van der Waals surface area contributed by atoms with E-state index in [1.807, 2.05) is 0 Å². The number of aromatic hydroxyl groups is 1. The number of ether oxygens (including phenoxy) is 1. The summed E-state index contributed by atoms with van der Waals surface area (Å²) >= 11 is 0. The zero-order valence-corrected chi connectivity index (χ0v) is 8.00. The quantitative estimate of drug-likeness (QED) is 0.494. The summed E-state index contributed by atoms with van der Waals surface area (Å²) in [5, 5.41) is 9.23. The summed E-state index contributed by atoms with van der Waals surface area (Å²) in [6.45, 7) is 1.76. The number of phenols is 1. The van der Waals surface area contributed by atoms with Crippen LogP contribution < -0.4 is 0 Å². The summed E-state index contributed by atoms with van der Waals surface area (Å²) in [5.74, 6) is 4.57. The second-order valence-electron chi connectivity index (χ2n) is 2.74. The minimum Gasteiger partial charge on any atom is -0.508 e. The molecule has 1 aromatic carbocycles. The van der Waals surface area contributed by atoms with Crippen molar-refractivity contribution in [1.29, 1.82) is 0 Å². The van der Waals surface area contributed by atoms with E-state index in [4.69, 9.17) is 0 Å². The molecule has 0 aromatic heterocycles. The van der Waals surface area contributed by atoms with Crippen LogP contribution in [0.3, 0.4) is 0 Å². The van der Waals surface area contributed by atoms with Gasteiger partial charge in [0.2, 0.25) is 0 Å². The van der Waals surface area contributed by atoms with Gasteiger partial charge in [0.05, 0.1) is 7.11 Å². The molecule has 0 saturated carbocycles. The first-order valence-electron chi connectivity index (χ1n) is 4.03. The molecule has 0 aliphatic rings. The molecule has 0 aliphatic heterocycles. The van der Waals surface area contributed by atoms with Gasteiger partial charge in [-0.2, -0.15) is 0 Å².